The molecule has 0 aliphatic rings. The summed E-state index contributed by atoms with van der Waals surface area (Å²) in [5.41, 5.74) is 20.1. The molecule has 0 unspecified atom stereocenters. The first-order chi connectivity index (χ1) is 27.1. The highest BCUT2D eigenvalue weighted by Crippen LogP contribution is 2.37. The highest BCUT2D eigenvalue weighted by atomic mass is 15.0. The minimum Gasteiger partial charge on any atom is -0.383 e. The van der Waals surface area contributed by atoms with Crippen LogP contribution in [-0.4, -0.2) is 20.0 Å². The van der Waals surface area contributed by atoms with Gasteiger partial charge in [-0.15, -0.1) is 0 Å². The van der Waals surface area contributed by atoms with Gasteiger partial charge in [0.2, 0.25) is 0 Å². The molecule has 7 aromatic carbocycles. The molecule has 5 heteroatoms. The molecule has 0 radical (unpaired) electrons. The first-order valence-electron chi connectivity index (χ1n) is 18.4. The molecule has 0 bridgehead atoms. The predicted molar refractivity (Wildman–Crippen MR) is 230 cm³/mol. The fraction of sp³-hybridized carbons (Fsp3) is 0. The van der Waals surface area contributed by atoms with Crippen LogP contribution in [-0.2, 0) is 0 Å². The summed E-state index contributed by atoms with van der Waals surface area (Å²) in [7, 11) is 0. The molecule has 0 saturated carbocycles. The minimum absolute atomic E-state index is 0.400. The van der Waals surface area contributed by atoms with Gasteiger partial charge in [-0.2, -0.15) is 0 Å². The van der Waals surface area contributed by atoms with Gasteiger partial charge < -0.3 is 14.9 Å². The van der Waals surface area contributed by atoms with Crippen LogP contribution in [0, 0.1) is 0 Å². The van der Waals surface area contributed by atoms with Crippen molar-refractivity contribution in [3.63, 3.8) is 0 Å². The van der Waals surface area contributed by atoms with E-state index < -0.39 is 0 Å². The third kappa shape index (κ3) is 5.58. The molecule has 10 rings (SSSR count). The number of aromatic nitrogens is 3. The number of pyridine rings is 1. The Balaban J connectivity index is 1.01. The molecule has 260 valence electrons. The van der Waals surface area contributed by atoms with Crippen LogP contribution in [0.3, 0.4) is 0 Å². The SMILES string of the molecule is C=C(N=C(N)c1cccc(-c2ccc3c(c2)c2ccccc2n3-c2ccc(-c3ccc4c(c3)c3ccccc3n4-c3ccccc3)cc2)c1)c1ccccn1. The summed E-state index contributed by atoms with van der Waals surface area (Å²) in [6.07, 6.45) is 1.73. The largest absolute Gasteiger partial charge is 0.383 e. The average Bonchev–Trinajstić information content (AvgIpc) is 3.76. The molecule has 0 fully saturated rings. The third-order valence-corrected chi connectivity index (χ3v) is 10.5. The zero-order valence-corrected chi connectivity index (χ0v) is 30.0. The second kappa shape index (κ2) is 13.2. The number of hydrogen-bond acceptors (Lipinski definition) is 2. The lowest BCUT2D eigenvalue weighted by atomic mass is 10.0. The van der Waals surface area contributed by atoms with Gasteiger partial charge in [0.05, 0.1) is 33.5 Å². The summed E-state index contributed by atoms with van der Waals surface area (Å²) >= 11 is 0. The zero-order valence-electron chi connectivity index (χ0n) is 30.0. The van der Waals surface area contributed by atoms with Crippen molar-refractivity contribution in [2.24, 2.45) is 10.7 Å². The lowest BCUT2D eigenvalue weighted by molar-refractivity contribution is 1.18. The van der Waals surface area contributed by atoms with E-state index in [0.29, 0.717) is 17.2 Å². The maximum Gasteiger partial charge on any atom is 0.131 e. The van der Waals surface area contributed by atoms with E-state index in [9.17, 15) is 0 Å². The second-order valence-electron chi connectivity index (χ2n) is 13.8. The Morgan fingerprint density at radius 2 is 0.982 bits per heavy atom. The molecule has 0 atom stereocenters. The van der Waals surface area contributed by atoms with Crippen LogP contribution < -0.4 is 5.73 Å². The van der Waals surface area contributed by atoms with Crippen molar-refractivity contribution < 1.29 is 0 Å². The summed E-state index contributed by atoms with van der Waals surface area (Å²) in [6.45, 7) is 4.08. The normalized spacial score (nSPS) is 11.9. The molecular formula is C50H35N5. The lowest BCUT2D eigenvalue weighted by Gasteiger charge is -2.11. The predicted octanol–water partition coefficient (Wildman–Crippen LogP) is 12.0. The van der Waals surface area contributed by atoms with Gasteiger partial charge in [0.25, 0.3) is 0 Å². The average molecular weight is 706 g/mol. The Labute approximate surface area is 318 Å². The standard InChI is InChI=1S/C50H35N5/c1-33(45-18-9-10-29-52-45)53-50(51)38-13-11-12-35(30-38)37-24-28-49-44(32-37)42-17-6-8-20-47(42)55(49)40-25-21-34(22-26-40)36-23-27-48-43(31-36)41-16-5-7-19-46(41)54(48)39-14-3-2-4-15-39/h2-32H,1H2,(H2,51,53). The highest BCUT2D eigenvalue weighted by molar-refractivity contribution is 6.12. The quantitative estimate of drug-likeness (QED) is 0.133. The van der Waals surface area contributed by atoms with Crippen LogP contribution in [0.4, 0.5) is 0 Å². The number of hydrogen-bond donors (Lipinski definition) is 1. The number of rotatable bonds is 7. The molecule has 0 saturated heterocycles. The van der Waals surface area contributed by atoms with Crippen LogP contribution in [0.25, 0.3) is 82.9 Å². The molecule has 0 spiro atoms. The van der Waals surface area contributed by atoms with E-state index in [0.717, 1.165) is 39.1 Å². The van der Waals surface area contributed by atoms with E-state index in [4.69, 9.17) is 5.73 Å². The molecule has 0 amide bonds. The van der Waals surface area contributed by atoms with Crippen molar-refractivity contribution in [2.75, 3.05) is 0 Å². The second-order valence-corrected chi connectivity index (χ2v) is 13.8. The van der Waals surface area contributed by atoms with Crippen LogP contribution in [0.5, 0.6) is 0 Å². The summed E-state index contributed by atoms with van der Waals surface area (Å²) in [5, 5.41) is 4.88. The van der Waals surface area contributed by atoms with E-state index in [-0.39, 0.29) is 0 Å². The maximum absolute atomic E-state index is 6.49. The van der Waals surface area contributed by atoms with E-state index >= 15 is 0 Å². The van der Waals surface area contributed by atoms with Crippen molar-refractivity contribution in [3.8, 4) is 33.6 Å². The highest BCUT2D eigenvalue weighted by Gasteiger charge is 2.16. The topological polar surface area (TPSA) is 61.1 Å². The fourth-order valence-corrected chi connectivity index (χ4v) is 7.90. The molecule has 0 aliphatic carbocycles. The minimum atomic E-state index is 0.400. The molecule has 2 N–H and O–H groups in total. The van der Waals surface area contributed by atoms with Gasteiger partial charge in [0.15, 0.2) is 0 Å². The number of benzene rings is 7. The van der Waals surface area contributed by atoms with Crippen molar-refractivity contribution in [3.05, 3.63) is 206 Å². The van der Waals surface area contributed by atoms with Gasteiger partial charge in [-0.05, 0) is 101 Å². The molecule has 10 aromatic rings. The summed E-state index contributed by atoms with van der Waals surface area (Å²) < 4.78 is 4.72. The lowest BCUT2D eigenvalue weighted by Crippen LogP contribution is -2.13. The maximum atomic E-state index is 6.49. The van der Waals surface area contributed by atoms with Crippen molar-refractivity contribution in [1.29, 1.82) is 0 Å². The summed E-state index contributed by atoms with van der Waals surface area (Å²) in [4.78, 5) is 8.93. The number of para-hydroxylation sites is 3. The summed E-state index contributed by atoms with van der Waals surface area (Å²) in [5.74, 6) is 0.400. The Hall–Kier alpha value is -7.50. The van der Waals surface area contributed by atoms with E-state index in [1.165, 1.54) is 43.7 Å². The van der Waals surface area contributed by atoms with Crippen LogP contribution in [0.1, 0.15) is 11.3 Å². The van der Waals surface area contributed by atoms with Crippen molar-refractivity contribution in [1.82, 2.24) is 14.1 Å². The molecule has 0 aliphatic heterocycles. The number of fused-ring (bicyclic) bond motifs is 6. The van der Waals surface area contributed by atoms with Crippen molar-refractivity contribution in [2.45, 2.75) is 0 Å². The van der Waals surface area contributed by atoms with Crippen LogP contribution in [0.15, 0.2) is 200 Å². The number of aliphatic imine (C=N–C) groups is 1. The Bertz CT molecular complexity index is 3100. The molecule has 55 heavy (non-hydrogen) atoms. The number of nitrogens with zero attached hydrogens (tertiary/aromatic N) is 4. The first-order valence-corrected chi connectivity index (χ1v) is 18.4. The number of amidine groups is 1. The van der Waals surface area contributed by atoms with Gasteiger partial charge in [-0.3, -0.25) is 4.98 Å². The first kappa shape index (κ1) is 32.2. The molecule has 5 nitrogen and oxygen atoms in total. The Morgan fingerprint density at radius 1 is 0.455 bits per heavy atom. The van der Waals surface area contributed by atoms with Crippen molar-refractivity contribution >= 4 is 55.1 Å². The van der Waals surface area contributed by atoms with Gasteiger partial charge >= 0.3 is 0 Å². The Kier molecular flexibility index (Phi) is 7.70. The summed E-state index contributed by atoms with van der Waals surface area (Å²) in [6, 6.07) is 64.2. The van der Waals surface area contributed by atoms with E-state index in [1.807, 2.05) is 30.3 Å². The third-order valence-electron chi connectivity index (χ3n) is 10.5. The Morgan fingerprint density at radius 3 is 1.62 bits per heavy atom. The van der Waals surface area contributed by atoms with Crippen LogP contribution in [0.2, 0.25) is 0 Å². The smallest absolute Gasteiger partial charge is 0.131 e. The van der Waals surface area contributed by atoms with Crippen LogP contribution >= 0.6 is 0 Å². The molecular weight excluding hydrogens is 671 g/mol. The van der Waals surface area contributed by atoms with Gasteiger partial charge in [0.1, 0.15) is 5.84 Å². The number of nitrogens with two attached hydrogens (primary N) is 1. The van der Waals surface area contributed by atoms with Gasteiger partial charge in [-0.25, -0.2) is 4.99 Å². The monoisotopic (exact) mass is 705 g/mol. The molecule has 3 heterocycles. The molecule has 3 aromatic heterocycles. The van der Waals surface area contributed by atoms with Gasteiger partial charge in [0, 0.05) is 44.7 Å². The van der Waals surface area contributed by atoms with E-state index in [1.54, 1.807) is 6.20 Å². The zero-order chi connectivity index (χ0) is 36.9. The van der Waals surface area contributed by atoms with Gasteiger partial charge in [-0.1, -0.05) is 110 Å². The fourth-order valence-electron chi connectivity index (χ4n) is 7.90. The van der Waals surface area contributed by atoms with E-state index in [2.05, 4.69) is 177 Å².